The molecule has 2 rings (SSSR count). The Hall–Kier alpha value is -1.84. The molecule has 0 aliphatic heterocycles. The fourth-order valence-corrected chi connectivity index (χ4v) is 3.27. The first-order chi connectivity index (χ1) is 10.9. The summed E-state index contributed by atoms with van der Waals surface area (Å²) in [6.07, 6.45) is 5.71. The Bertz CT molecular complexity index is 526. The van der Waals surface area contributed by atoms with Gasteiger partial charge in [-0.1, -0.05) is 30.3 Å². The van der Waals surface area contributed by atoms with Crippen LogP contribution in [-0.4, -0.2) is 41.9 Å². The van der Waals surface area contributed by atoms with Gasteiger partial charge in [0.1, 0.15) is 0 Å². The van der Waals surface area contributed by atoms with Crippen LogP contribution in [-0.2, 0) is 4.74 Å². The third-order valence-electron chi connectivity index (χ3n) is 4.36. The minimum atomic E-state index is -0.228. The number of methoxy groups -OCH3 is 1. The maximum atomic E-state index is 12.1. The minimum absolute atomic E-state index is 0.224. The fourth-order valence-electron chi connectivity index (χ4n) is 3.27. The summed E-state index contributed by atoms with van der Waals surface area (Å²) < 4.78 is 4.98. The van der Waals surface area contributed by atoms with Gasteiger partial charge in [0.15, 0.2) is 0 Å². The summed E-state index contributed by atoms with van der Waals surface area (Å²) in [7, 11) is 1.46. The Labute approximate surface area is 139 Å². The maximum absolute atomic E-state index is 12.1. The van der Waals surface area contributed by atoms with Gasteiger partial charge >= 0.3 is 6.09 Å². The van der Waals surface area contributed by atoms with E-state index in [-0.39, 0.29) is 17.7 Å². The van der Waals surface area contributed by atoms with Crippen LogP contribution >= 0.6 is 0 Å². The van der Waals surface area contributed by atoms with E-state index in [4.69, 9.17) is 9.73 Å². The van der Waals surface area contributed by atoms with E-state index in [1.54, 1.807) is 0 Å². The average molecular weight is 316 g/mol. The number of amides is 1. The molecule has 0 unspecified atom stereocenters. The molecule has 1 aromatic rings. The highest BCUT2D eigenvalue weighted by Crippen LogP contribution is 2.30. The second kappa shape index (κ2) is 7.62. The van der Waals surface area contributed by atoms with Gasteiger partial charge in [-0.3, -0.25) is 4.99 Å². The van der Waals surface area contributed by atoms with Gasteiger partial charge in [0.2, 0.25) is 0 Å². The highest BCUT2D eigenvalue weighted by atomic mass is 16.5. The minimum Gasteiger partial charge on any atom is -0.453 e. The molecule has 0 N–H and O–H groups in total. The van der Waals surface area contributed by atoms with Crippen molar-refractivity contribution in [3.8, 4) is 0 Å². The van der Waals surface area contributed by atoms with Crippen molar-refractivity contribution in [2.45, 2.75) is 64.1 Å². The molecule has 1 aliphatic rings. The SMILES string of the molecule is COC(=O)N(C1CCC(N=Cc2ccccc2)CC1)C(C)(C)C. The van der Waals surface area contributed by atoms with Crippen LogP contribution in [0.1, 0.15) is 52.0 Å². The van der Waals surface area contributed by atoms with Gasteiger partial charge in [-0.2, -0.15) is 0 Å². The number of hydrogen-bond donors (Lipinski definition) is 0. The smallest absolute Gasteiger partial charge is 0.410 e. The molecule has 0 radical (unpaired) electrons. The van der Waals surface area contributed by atoms with Gasteiger partial charge in [0.05, 0.1) is 13.2 Å². The van der Waals surface area contributed by atoms with Crippen molar-refractivity contribution in [3.63, 3.8) is 0 Å². The lowest BCUT2D eigenvalue weighted by molar-refractivity contribution is 0.0435. The molecule has 1 saturated carbocycles. The van der Waals surface area contributed by atoms with Crippen molar-refractivity contribution in [1.29, 1.82) is 0 Å². The Kier molecular flexibility index (Phi) is 5.80. The summed E-state index contributed by atoms with van der Waals surface area (Å²) in [6.45, 7) is 6.18. The zero-order valence-corrected chi connectivity index (χ0v) is 14.7. The summed E-state index contributed by atoms with van der Waals surface area (Å²) in [5.74, 6) is 0. The van der Waals surface area contributed by atoms with Crippen LogP contribution in [0.25, 0.3) is 0 Å². The van der Waals surface area contributed by atoms with Crippen LogP contribution in [0.3, 0.4) is 0 Å². The standard InChI is InChI=1S/C19H28N2O2/c1-19(2,3)21(18(22)23-4)17-12-10-16(11-13-17)20-14-15-8-6-5-7-9-15/h5-9,14,16-17H,10-13H2,1-4H3. The number of ether oxygens (including phenoxy) is 1. The third kappa shape index (κ3) is 4.81. The monoisotopic (exact) mass is 316 g/mol. The molecule has 0 saturated heterocycles. The number of carbonyl (C=O) groups excluding carboxylic acids is 1. The van der Waals surface area contributed by atoms with Gasteiger partial charge in [0, 0.05) is 17.8 Å². The molecule has 1 aliphatic carbocycles. The zero-order valence-electron chi connectivity index (χ0n) is 14.7. The molecular formula is C19H28N2O2. The number of aliphatic imine (C=N–C) groups is 1. The normalized spacial score (nSPS) is 22.1. The van der Waals surface area contributed by atoms with Crippen molar-refractivity contribution >= 4 is 12.3 Å². The molecule has 4 heteroatoms. The van der Waals surface area contributed by atoms with E-state index < -0.39 is 0 Å². The first-order valence-corrected chi connectivity index (χ1v) is 8.37. The topological polar surface area (TPSA) is 41.9 Å². The largest absolute Gasteiger partial charge is 0.453 e. The molecule has 4 nitrogen and oxygen atoms in total. The van der Waals surface area contributed by atoms with Gasteiger partial charge < -0.3 is 9.64 Å². The van der Waals surface area contributed by atoms with Crippen LogP contribution in [0.5, 0.6) is 0 Å². The summed E-state index contributed by atoms with van der Waals surface area (Å²) in [5, 5.41) is 0. The zero-order chi connectivity index (χ0) is 16.9. The van der Waals surface area contributed by atoms with Crippen molar-refractivity contribution in [2.75, 3.05) is 7.11 Å². The van der Waals surface area contributed by atoms with Gasteiger partial charge in [-0.15, -0.1) is 0 Å². The molecular weight excluding hydrogens is 288 g/mol. The summed E-state index contributed by atoms with van der Waals surface area (Å²) in [5.41, 5.74) is 0.915. The number of benzene rings is 1. The second-order valence-corrected chi connectivity index (χ2v) is 7.16. The van der Waals surface area contributed by atoms with Gasteiger partial charge in [0.25, 0.3) is 0 Å². The van der Waals surface area contributed by atoms with E-state index in [1.165, 1.54) is 7.11 Å². The van der Waals surface area contributed by atoms with Crippen LogP contribution in [0, 0.1) is 0 Å². The highest BCUT2D eigenvalue weighted by molar-refractivity contribution is 5.79. The van der Waals surface area contributed by atoms with Crippen LogP contribution < -0.4 is 0 Å². The van der Waals surface area contributed by atoms with Crippen molar-refractivity contribution in [1.82, 2.24) is 4.90 Å². The Morgan fingerprint density at radius 3 is 2.30 bits per heavy atom. The lowest BCUT2D eigenvalue weighted by Crippen LogP contribution is -2.52. The molecule has 0 aromatic heterocycles. The number of hydrogen-bond acceptors (Lipinski definition) is 3. The predicted molar refractivity (Wildman–Crippen MR) is 94.1 cm³/mol. The second-order valence-electron chi connectivity index (χ2n) is 7.16. The Balaban J connectivity index is 1.94. The van der Waals surface area contributed by atoms with Crippen molar-refractivity contribution in [3.05, 3.63) is 35.9 Å². The van der Waals surface area contributed by atoms with E-state index in [9.17, 15) is 4.79 Å². The van der Waals surface area contributed by atoms with E-state index in [2.05, 4.69) is 32.9 Å². The van der Waals surface area contributed by atoms with E-state index >= 15 is 0 Å². The van der Waals surface area contributed by atoms with Crippen LogP contribution in [0.15, 0.2) is 35.3 Å². The first kappa shape index (κ1) is 17.5. The summed E-state index contributed by atoms with van der Waals surface area (Å²) >= 11 is 0. The third-order valence-corrected chi connectivity index (χ3v) is 4.36. The Morgan fingerprint density at radius 2 is 1.78 bits per heavy atom. The summed E-state index contributed by atoms with van der Waals surface area (Å²) in [4.78, 5) is 18.7. The van der Waals surface area contributed by atoms with E-state index in [0.717, 1.165) is 31.2 Å². The van der Waals surface area contributed by atoms with Crippen molar-refractivity contribution < 1.29 is 9.53 Å². The molecule has 23 heavy (non-hydrogen) atoms. The van der Waals surface area contributed by atoms with Gasteiger partial charge in [-0.25, -0.2) is 4.79 Å². The number of carbonyl (C=O) groups is 1. The number of nitrogens with zero attached hydrogens (tertiary/aromatic N) is 2. The molecule has 1 fully saturated rings. The first-order valence-electron chi connectivity index (χ1n) is 8.37. The maximum Gasteiger partial charge on any atom is 0.410 e. The quantitative estimate of drug-likeness (QED) is 0.781. The molecule has 0 spiro atoms. The van der Waals surface area contributed by atoms with Gasteiger partial charge in [-0.05, 0) is 52.0 Å². The average Bonchev–Trinajstić information content (AvgIpc) is 2.54. The Morgan fingerprint density at radius 1 is 1.17 bits per heavy atom. The molecule has 1 amide bonds. The highest BCUT2D eigenvalue weighted by Gasteiger charge is 2.36. The lowest BCUT2D eigenvalue weighted by atomic mass is 9.88. The molecule has 1 aromatic carbocycles. The van der Waals surface area contributed by atoms with Crippen LogP contribution in [0.4, 0.5) is 4.79 Å². The molecule has 0 heterocycles. The van der Waals surface area contributed by atoms with Crippen molar-refractivity contribution in [2.24, 2.45) is 4.99 Å². The molecule has 126 valence electrons. The molecule has 0 bridgehead atoms. The number of rotatable bonds is 3. The fraction of sp³-hybridized carbons (Fsp3) is 0.579. The molecule has 0 atom stereocenters. The van der Waals surface area contributed by atoms with Crippen LogP contribution in [0.2, 0.25) is 0 Å². The van der Waals surface area contributed by atoms with E-state index in [0.29, 0.717) is 6.04 Å². The summed E-state index contributed by atoms with van der Waals surface area (Å²) in [6, 6.07) is 10.8. The van der Waals surface area contributed by atoms with E-state index in [1.807, 2.05) is 29.3 Å². The lowest BCUT2D eigenvalue weighted by Gasteiger charge is -2.43. The predicted octanol–water partition coefficient (Wildman–Crippen LogP) is 4.28.